The van der Waals surface area contributed by atoms with Gasteiger partial charge >= 0.3 is 43.2 Å². The number of benzene rings is 4. The molecule has 0 radical (unpaired) electrons. The number of pyridine rings is 2. The van der Waals surface area contributed by atoms with E-state index in [1.54, 1.807) is 73.5 Å². The minimum absolute atomic E-state index is 0. The molecule has 2 unspecified atom stereocenters. The fourth-order valence-electron chi connectivity index (χ4n) is 14.0. The molecule has 2 saturated heterocycles. The Morgan fingerprint density at radius 1 is 0.543 bits per heavy atom. The van der Waals surface area contributed by atoms with Crippen molar-refractivity contribution in [2.24, 2.45) is 11.8 Å². The summed E-state index contributed by atoms with van der Waals surface area (Å²) in [6.07, 6.45) is -8.75. The molecule has 2 aliphatic heterocycles. The summed E-state index contributed by atoms with van der Waals surface area (Å²) in [6.45, 7) is 22.7. The zero-order valence-corrected chi connectivity index (χ0v) is 62.8. The molecule has 2 fully saturated rings. The molecule has 18 nitrogen and oxygen atoms in total. The first-order valence-corrected chi connectivity index (χ1v) is 34.4. The number of carboxylic acid groups (broad SMARTS) is 1. The van der Waals surface area contributed by atoms with Gasteiger partial charge in [0, 0.05) is 103 Å². The Bertz CT molecular complexity index is 4130. The Morgan fingerprint density at radius 3 is 1.22 bits per heavy atom. The van der Waals surface area contributed by atoms with Crippen LogP contribution in [0.3, 0.4) is 0 Å². The second-order valence-electron chi connectivity index (χ2n) is 27.8. The topological polar surface area (TPSA) is 245 Å². The third-order valence-corrected chi connectivity index (χ3v) is 19.4. The summed E-state index contributed by atoms with van der Waals surface area (Å²) in [5.41, 5.74) is 2.77. The fourth-order valence-corrected chi connectivity index (χ4v) is 14.0. The number of hydrogen-bond donors (Lipinski definition) is 1. The number of likely N-dealkylation sites (tertiary alicyclic amines) is 2. The van der Waals surface area contributed by atoms with Gasteiger partial charge in [-0.25, -0.2) is 8.78 Å². The van der Waals surface area contributed by atoms with Gasteiger partial charge in [0.2, 0.25) is 0 Å². The number of esters is 1. The van der Waals surface area contributed by atoms with Crippen LogP contribution >= 0.6 is 0 Å². The minimum Gasteiger partial charge on any atom is -0.870 e. The van der Waals surface area contributed by atoms with Gasteiger partial charge in [0.15, 0.2) is 11.6 Å². The summed E-state index contributed by atoms with van der Waals surface area (Å²) < 4.78 is 146. The van der Waals surface area contributed by atoms with Gasteiger partial charge in [0.05, 0.1) is 69.1 Å². The third kappa shape index (κ3) is 22.5. The molecule has 2 aromatic heterocycles. The quantitative estimate of drug-likeness (QED) is 0.0241. The molecule has 6 aromatic rings. The number of carbonyl (C=O) groups excluding carboxylic acids is 3. The van der Waals surface area contributed by atoms with Crippen LogP contribution in [0.25, 0.3) is 22.3 Å². The molecular weight excluding hydrogens is 1380 g/mol. The smallest absolute Gasteiger partial charge is 0.870 e. The van der Waals surface area contributed by atoms with Gasteiger partial charge in [0.25, 0.3) is 11.1 Å². The number of halogens is 8. The number of carboxylic acids is 1. The molecule has 3 N–H and O–H groups in total. The third-order valence-electron chi connectivity index (χ3n) is 19.4. The van der Waals surface area contributed by atoms with Gasteiger partial charge in [-0.3, -0.25) is 38.6 Å². The van der Waals surface area contributed by atoms with Crippen molar-refractivity contribution in [3.63, 3.8) is 0 Å². The Morgan fingerprint density at radius 2 is 0.905 bits per heavy atom. The van der Waals surface area contributed by atoms with E-state index in [1.807, 2.05) is 89.5 Å². The largest absolute Gasteiger partial charge is 1.00 e. The van der Waals surface area contributed by atoms with Gasteiger partial charge < -0.3 is 48.9 Å². The number of Topliss-reactive ketones (excluding diaryl/α,β-unsaturated/α-hetero) is 2. The summed E-state index contributed by atoms with van der Waals surface area (Å²) in [7, 11) is 6.25. The number of rotatable bonds is 31. The Balaban J connectivity index is 0.000000432. The van der Waals surface area contributed by atoms with Crippen molar-refractivity contribution in [1.29, 1.82) is 0 Å². The molecule has 0 saturated carbocycles. The number of ketones is 2. The zero-order chi connectivity index (χ0) is 75.6. The van der Waals surface area contributed by atoms with E-state index in [-0.39, 0.29) is 127 Å². The average molecular weight is 1470 g/mol. The maximum absolute atomic E-state index is 16.2. The van der Waals surface area contributed by atoms with Crippen LogP contribution < -0.4 is 39.5 Å². The van der Waals surface area contributed by atoms with E-state index in [0.29, 0.717) is 79.6 Å². The maximum Gasteiger partial charge on any atom is 1.00 e. The minimum atomic E-state index is -4.79. The van der Waals surface area contributed by atoms with Gasteiger partial charge in [-0.1, -0.05) is 39.8 Å². The SMILES string of the molecule is CCOC(=O)C[C@H](CC(=O)C(CC(C)C)n1cc(CCN2CC(OC)C2)c(C(F)(F)F)cc1=O)c1cc(-c2c(C)ccc(OC)c2C)cc(C)c1F.COc1ccc(C)c(-c2cc(C)c(F)c([C@H](CC(=O)O)CC(=O)C(CC(C)C)n3cc(CCN4CC(OC)C4)c(C(F)(F)F)cc3=O)c2)c1C.[Li+].[OH-].[OH-]. The van der Waals surface area contributed by atoms with Gasteiger partial charge in [0.1, 0.15) is 23.1 Å². The predicted octanol–water partition coefficient (Wildman–Crippen LogP) is 11.7. The molecule has 4 heterocycles. The Hall–Kier alpha value is -7.54. The van der Waals surface area contributed by atoms with Crippen molar-refractivity contribution < 1.29 is 113 Å². The molecule has 105 heavy (non-hydrogen) atoms. The van der Waals surface area contributed by atoms with Crippen molar-refractivity contribution >= 4 is 23.5 Å². The molecule has 0 amide bonds. The molecule has 4 aromatic carbocycles. The van der Waals surface area contributed by atoms with Gasteiger partial charge in [-0.05, 0) is 200 Å². The zero-order valence-electron chi connectivity index (χ0n) is 62.8. The molecule has 4 atom stereocenters. The van der Waals surface area contributed by atoms with E-state index in [1.165, 1.54) is 0 Å². The van der Waals surface area contributed by atoms with Gasteiger partial charge in [-0.15, -0.1) is 0 Å². The number of aliphatic carboxylic acids is 1. The molecular formula is C78H98F8LiN4O14-. The summed E-state index contributed by atoms with van der Waals surface area (Å²) in [6, 6.07) is 12.7. The number of nitrogens with zero attached hydrogens (tertiary/aromatic N) is 4. The Kier molecular flexibility index (Phi) is 33.2. The van der Waals surface area contributed by atoms with E-state index in [4.69, 9.17) is 23.7 Å². The first-order valence-electron chi connectivity index (χ1n) is 34.4. The van der Waals surface area contributed by atoms with Crippen molar-refractivity contribution in [2.45, 2.75) is 176 Å². The molecule has 0 spiro atoms. The molecule has 0 bridgehead atoms. The van der Waals surface area contributed by atoms with Crippen LogP contribution in [-0.4, -0.2) is 145 Å². The van der Waals surface area contributed by atoms with E-state index >= 15 is 8.78 Å². The van der Waals surface area contributed by atoms with Crippen molar-refractivity contribution in [1.82, 2.24) is 18.9 Å². The van der Waals surface area contributed by atoms with Crippen LogP contribution in [-0.2, 0) is 58.6 Å². The first-order chi connectivity index (χ1) is 47.9. The normalized spacial score (nSPS) is 14.7. The summed E-state index contributed by atoms with van der Waals surface area (Å²) in [5, 5.41) is 9.89. The molecule has 2 aliphatic rings. The van der Waals surface area contributed by atoms with E-state index in [9.17, 15) is 60.2 Å². The van der Waals surface area contributed by atoms with Crippen LogP contribution in [0.4, 0.5) is 35.1 Å². The number of aromatic nitrogens is 2. The number of methoxy groups -OCH3 is 4. The van der Waals surface area contributed by atoms with E-state index in [0.717, 1.165) is 54.9 Å². The number of hydrogen-bond acceptors (Lipinski definition) is 15. The van der Waals surface area contributed by atoms with Crippen LogP contribution in [0.15, 0.2) is 82.6 Å². The molecule has 8 rings (SSSR count). The molecule has 572 valence electrons. The molecule has 0 aliphatic carbocycles. The second-order valence-corrected chi connectivity index (χ2v) is 27.8. The standard InChI is InChI=1S/C40H50F4N2O6.C38H46F4N2O6.Li.2H2O/c1-9-52-37(49)18-28(31-16-29(15-25(5)39(31)41)38-24(4)10-11-35(51-8)26(38)6)17-34(47)33(14-23(2)3)46-20-27(12-13-45-21-30(22-45)50-7)32(19-36(46)48)40(42,43)44;1-21(2)12-31(44-18-25(10-11-43-19-28(20-43)49-6)30(17-34(44)46)38(40,41)42)32(45)15-26(16-35(47)48)29-14-27(13-23(4)37(29)39)36-22(3)8-9-33(50-7)24(36)5;;;/h10-11,15-16,19-20,23,28,30,33H,9,12-14,17-18,21-22H2,1-8H3;8-9,13-14,17-18,21,26,28,31H,10-12,15-16,19-20H2,1-7H3,(H,47,48);;2*1H2/q;;+1;;/p-2/t28-,33?;26-,31?;;;/m00.../s1. The number of carbonyl (C=O) groups is 4. The number of aryl methyl sites for hydroxylation is 4. The monoisotopic (exact) mass is 1470 g/mol. The van der Waals surface area contributed by atoms with Crippen molar-refractivity contribution in [2.75, 3.05) is 74.3 Å². The van der Waals surface area contributed by atoms with Crippen molar-refractivity contribution in [3.8, 4) is 33.8 Å². The maximum atomic E-state index is 16.2. The first kappa shape index (κ1) is 89.9. The average Bonchev–Trinajstić information content (AvgIpc) is 0.792. The summed E-state index contributed by atoms with van der Waals surface area (Å²) >= 11 is 0. The van der Waals surface area contributed by atoms with Crippen LogP contribution in [0.2, 0.25) is 0 Å². The van der Waals surface area contributed by atoms with E-state index < -0.39 is 106 Å². The molecule has 27 heteroatoms. The predicted molar refractivity (Wildman–Crippen MR) is 378 cm³/mol. The van der Waals surface area contributed by atoms with Crippen LogP contribution in [0.5, 0.6) is 11.5 Å². The second kappa shape index (κ2) is 38.8. The van der Waals surface area contributed by atoms with Crippen molar-refractivity contribution in [3.05, 3.63) is 172 Å². The van der Waals surface area contributed by atoms with E-state index in [2.05, 4.69) is 0 Å². The summed E-state index contributed by atoms with van der Waals surface area (Å²) in [5.74, 6) is -5.34. The van der Waals surface area contributed by atoms with Gasteiger partial charge in [-0.2, -0.15) is 26.3 Å². The number of alkyl halides is 6. The Labute approximate surface area is 620 Å². The van der Waals surface area contributed by atoms with Crippen LogP contribution in [0, 0.1) is 65.0 Å². The fraction of sp³-hybridized carbons (Fsp3) is 0.513. The van der Waals surface area contributed by atoms with Crippen LogP contribution in [0.1, 0.15) is 164 Å². The summed E-state index contributed by atoms with van der Waals surface area (Å²) in [4.78, 5) is 84.3. The number of ether oxygens (including phenoxy) is 5.